The summed E-state index contributed by atoms with van der Waals surface area (Å²) in [6.07, 6.45) is 0. The van der Waals surface area contributed by atoms with Gasteiger partial charge in [0.15, 0.2) is 0 Å². The van der Waals surface area contributed by atoms with E-state index in [1.807, 2.05) is 0 Å². The third kappa shape index (κ3) is 2.25. The number of hydrogen-bond donors (Lipinski definition) is 0. The second-order valence-corrected chi connectivity index (χ2v) is 3.04. The van der Waals surface area contributed by atoms with E-state index in [2.05, 4.69) is 4.74 Å². The minimum Gasteiger partial charge on any atom is -0.462 e. The second kappa shape index (κ2) is 3.99. The molecule has 0 radical (unpaired) electrons. The molecule has 1 aromatic heterocycles. The third-order valence-corrected chi connectivity index (χ3v) is 2.16. The summed E-state index contributed by atoms with van der Waals surface area (Å²) in [4.78, 5) is 20.8. The van der Waals surface area contributed by atoms with Crippen LogP contribution in [-0.2, 0) is 4.74 Å². The molecule has 70 valence electrons. The third-order valence-electron chi connectivity index (χ3n) is 1.28. The van der Waals surface area contributed by atoms with Crippen molar-refractivity contribution in [3.63, 3.8) is 0 Å². The highest BCUT2D eigenvalue weighted by atomic mass is 32.1. The predicted molar refractivity (Wildman–Crippen MR) is 46.9 cm³/mol. The molecule has 0 saturated carbocycles. The summed E-state index contributed by atoms with van der Waals surface area (Å²) in [6.45, 7) is 1.95. The van der Waals surface area contributed by atoms with Crippen molar-refractivity contribution in [1.29, 1.82) is 0 Å². The van der Waals surface area contributed by atoms with Gasteiger partial charge in [-0.1, -0.05) is 11.3 Å². The van der Waals surface area contributed by atoms with E-state index in [0.717, 1.165) is 11.3 Å². The van der Waals surface area contributed by atoms with Crippen molar-refractivity contribution in [2.45, 2.75) is 6.92 Å². The molecule has 1 rings (SSSR count). The van der Waals surface area contributed by atoms with Crippen LogP contribution in [0.25, 0.3) is 0 Å². The first-order valence-electron chi connectivity index (χ1n) is 3.55. The molecule has 0 saturated heterocycles. The van der Waals surface area contributed by atoms with E-state index < -0.39 is 10.9 Å². The van der Waals surface area contributed by atoms with E-state index in [1.54, 1.807) is 6.92 Å². The van der Waals surface area contributed by atoms with Gasteiger partial charge in [-0.25, -0.2) is 4.79 Å². The minimum absolute atomic E-state index is 0.0527. The normalized spacial score (nSPS) is 9.62. The molecular weight excluding hydrogens is 194 g/mol. The maximum atomic E-state index is 11.0. The lowest BCUT2D eigenvalue weighted by Crippen LogP contribution is -2.02. The number of thiophene rings is 1. The number of carbonyl (C=O) groups excluding carboxylic acids is 1. The molecule has 0 unspecified atom stereocenters. The Labute approximate surface area is 78.1 Å². The molecule has 0 aliphatic rings. The first-order chi connectivity index (χ1) is 6.15. The number of nitrogens with zero attached hydrogens (tertiary/aromatic N) is 1. The maximum absolute atomic E-state index is 11.0. The molecule has 1 heterocycles. The maximum Gasteiger partial charge on any atom is 0.339 e. The summed E-state index contributed by atoms with van der Waals surface area (Å²) in [5.41, 5.74) is 0.235. The molecule has 1 aromatic rings. The standard InChI is InChI=1S/C7H7NO4S/c1-2-12-7(9)5-3-6(8(10)11)13-4-5/h3-4H,2H2,1H3. The fourth-order valence-electron chi connectivity index (χ4n) is 0.742. The number of carbonyl (C=O) groups is 1. The van der Waals surface area contributed by atoms with Crippen LogP contribution in [-0.4, -0.2) is 17.5 Å². The van der Waals surface area contributed by atoms with Crippen molar-refractivity contribution in [1.82, 2.24) is 0 Å². The summed E-state index contributed by atoms with van der Waals surface area (Å²) in [5.74, 6) is -0.521. The molecule has 0 atom stereocenters. The Morgan fingerprint density at radius 2 is 2.46 bits per heavy atom. The molecule has 0 aromatic carbocycles. The van der Waals surface area contributed by atoms with E-state index in [0.29, 0.717) is 0 Å². The molecule has 0 spiro atoms. The van der Waals surface area contributed by atoms with Crippen LogP contribution >= 0.6 is 11.3 Å². The van der Waals surface area contributed by atoms with Gasteiger partial charge >= 0.3 is 11.0 Å². The van der Waals surface area contributed by atoms with Gasteiger partial charge in [0.2, 0.25) is 0 Å². The van der Waals surface area contributed by atoms with Gasteiger partial charge in [0.25, 0.3) is 0 Å². The topological polar surface area (TPSA) is 69.4 Å². The van der Waals surface area contributed by atoms with E-state index in [4.69, 9.17) is 0 Å². The summed E-state index contributed by atoms with van der Waals surface area (Å²) in [6, 6.07) is 1.21. The lowest BCUT2D eigenvalue weighted by molar-refractivity contribution is -0.380. The highest BCUT2D eigenvalue weighted by molar-refractivity contribution is 7.13. The van der Waals surface area contributed by atoms with Crippen LogP contribution in [0.15, 0.2) is 11.4 Å². The molecule has 0 N–H and O–H groups in total. The SMILES string of the molecule is CCOC(=O)c1csc([N+](=O)[O-])c1. The Morgan fingerprint density at radius 3 is 2.92 bits per heavy atom. The quantitative estimate of drug-likeness (QED) is 0.425. The summed E-state index contributed by atoms with van der Waals surface area (Å²) in [5, 5.41) is 11.6. The first-order valence-corrected chi connectivity index (χ1v) is 4.43. The Morgan fingerprint density at radius 1 is 1.77 bits per heavy atom. The number of ether oxygens (including phenoxy) is 1. The number of nitro groups is 1. The fraction of sp³-hybridized carbons (Fsp3) is 0.286. The molecule has 5 nitrogen and oxygen atoms in total. The minimum atomic E-state index is -0.534. The zero-order valence-corrected chi connectivity index (χ0v) is 7.67. The largest absolute Gasteiger partial charge is 0.462 e. The van der Waals surface area contributed by atoms with Crippen LogP contribution in [0.3, 0.4) is 0 Å². The lowest BCUT2D eigenvalue weighted by Gasteiger charge is -1.95. The van der Waals surface area contributed by atoms with Crippen molar-refractivity contribution >= 4 is 22.3 Å². The number of esters is 1. The molecule has 0 fully saturated rings. The fourth-order valence-corrected chi connectivity index (χ4v) is 1.44. The molecule has 6 heteroatoms. The van der Waals surface area contributed by atoms with Gasteiger partial charge < -0.3 is 4.74 Å². The van der Waals surface area contributed by atoms with Crippen molar-refractivity contribution in [3.05, 3.63) is 27.1 Å². The van der Waals surface area contributed by atoms with Gasteiger partial charge in [0.05, 0.1) is 17.1 Å². The highest BCUT2D eigenvalue weighted by Crippen LogP contribution is 2.22. The van der Waals surface area contributed by atoms with Gasteiger partial charge in [-0.05, 0) is 6.92 Å². The molecule has 0 aliphatic heterocycles. The smallest absolute Gasteiger partial charge is 0.339 e. The molecular formula is C7H7NO4S. The molecule has 0 bridgehead atoms. The second-order valence-electron chi connectivity index (χ2n) is 2.15. The van der Waals surface area contributed by atoms with Gasteiger partial charge in [-0.15, -0.1) is 0 Å². The monoisotopic (exact) mass is 201 g/mol. The van der Waals surface area contributed by atoms with E-state index in [9.17, 15) is 14.9 Å². The Kier molecular flexibility index (Phi) is 2.97. The Bertz CT molecular complexity index is 333. The average molecular weight is 201 g/mol. The zero-order chi connectivity index (χ0) is 9.84. The van der Waals surface area contributed by atoms with Gasteiger partial charge in [-0.3, -0.25) is 10.1 Å². The predicted octanol–water partition coefficient (Wildman–Crippen LogP) is 1.83. The van der Waals surface area contributed by atoms with Crippen LogP contribution < -0.4 is 0 Å². The summed E-state index contributed by atoms with van der Waals surface area (Å²) in [7, 11) is 0. The number of hydrogen-bond acceptors (Lipinski definition) is 5. The van der Waals surface area contributed by atoms with Crippen LogP contribution in [0.1, 0.15) is 17.3 Å². The van der Waals surface area contributed by atoms with E-state index in [1.165, 1.54) is 11.4 Å². The zero-order valence-electron chi connectivity index (χ0n) is 6.85. The Balaban J connectivity index is 2.79. The average Bonchev–Trinajstić information content (AvgIpc) is 2.52. The van der Waals surface area contributed by atoms with Crippen molar-refractivity contribution in [2.75, 3.05) is 6.61 Å². The van der Waals surface area contributed by atoms with Crippen LogP contribution in [0, 0.1) is 10.1 Å². The van der Waals surface area contributed by atoms with E-state index in [-0.39, 0.29) is 17.2 Å². The van der Waals surface area contributed by atoms with Crippen molar-refractivity contribution in [3.8, 4) is 0 Å². The van der Waals surface area contributed by atoms with Crippen LogP contribution in [0.4, 0.5) is 5.00 Å². The van der Waals surface area contributed by atoms with Crippen molar-refractivity contribution in [2.24, 2.45) is 0 Å². The summed E-state index contributed by atoms with van der Waals surface area (Å²) >= 11 is 0.912. The highest BCUT2D eigenvalue weighted by Gasteiger charge is 2.15. The van der Waals surface area contributed by atoms with Gasteiger partial charge in [0.1, 0.15) is 0 Å². The van der Waals surface area contributed by atoms with Crippen LogP contribution in [0.2, 0.25) is 0 Å². The van der Waals surface area contributed by atoms with Crippen molar-refractivity contribution < 1.29 is 14.5 Å². The van der Waals surface area contributed by atoms with Gasteiger partial charge in [-0.2, -0.15) is 0 Å². The molecule has 0 aliphatic carbocycles. The Hall–Kier alpha value is -1.43. The molecule has 0 amide bonds. The molecule has 13 heavy (non-hydrogen) atoms. The van der Waals surface area contributed by atoms with E-state index >= 15 is 0 Å². The lowest BCUT2D eigenvalue weighted by atomic mass is 10.3. The van der Waals surface area contributed by atoms with Gasteiger partial charge in [0, 0.05) is 11.4 Å². The summed E-state index contributed by atoms with van der Waals surface area (Å²) < 4.78 is 4.67. The number of rotatable bonds is 3. The van der Waals surface area contributed by atoms with Crippen LogP contribution in [0.5, 0.6) is 0 Å². The first kappa shape index (κ1) is 9.66.